The molecule has 0 fully saturated rings. The van der Waals surface area contributed by atoms with Gasteiger partial charge in [0.15, 0.2) is 5.78 Å². The first-order chi connectivity index (χ1) is 6.24. The zero-order chi connectivity index (χ0) is 9.68. The molecule has 0 bridgehead atoms. The van der Waals surface area contributed by atoms with Gasteiger partial charge in [0.1, 0.15) is 0 Å². The van der Waals surface area contributed by atoms with E-state index >= 15 is 0 Å². The van der Waals surface area contributed by atoms with Crippen molar-refractivity contribution < 1.29 is 9.59 Å². The van der Waals surface area contributed by atoms with Crippen molar-refractivity contribution in [1.82, 2.24) is 10.3 Å². The number of carbonyl (C=O) groups is 2. The van der Waals surface area contributed by atoms with Crippen LogP contribution in [0, 0.1) is 0 Å². The van der Waals surface area contributed by atoms with Gasteiger partial charge in [0.05, 0.1) is 6.42 Å². The van der Waals surface area contributed by atoms with E-state index < -0.39 is 0 Å². The van der Waals surface area contributed by atoms with Gasteiger partial charge >= 0.3 is 0 Å². The van der Waals surface area contributed by atoms with Crippen molar-refractivity contribution in [3.63, 3.8) is 0 Å². The predicted octanol–water partition coefficient (Wildman–Crippen LogP) is 0.724. The summed E-state index contributed by atoms with van der Waals surface area (Å²) in [6, 6.07) is 1.65. The van der Waals surface area contributed by atoms with E-state index in [1.54, 1.807) is 18.5 Å². The normalized spacial score (nSPS) is 9.62. The SMILES string of the molecule is CCNC(=O)CC(=O)c1cc[nH]c1. The molecule has 0 atom stereocenters. The van der Waals surface area contributed by atoms with E-state index in [1.165, 1.54) is 0 Å². The molecule has 1 amide bonds. The molecular weight excluding hydrogens is 168 g/mol. The molecule has 0 aliphatic heterocycles. The number of aromatic nitrogens is 1. The average molecular weight is 180 g/mol. The summed E-state index contributed by atoms with van der Waals surface area (Å²) < 4.78 is 0. The van der Waals surface area contributed by atoms with E-state index in [2.05, 4.69) is 10.3 Å². The lowest BCUT2D eigenvalue weighted by atomic mass is 10.1. The van der Waals surface area contributed by atoms with Crippen LogP contribution in [0.3, 0.4) is 0 Å². The predicted molar refractivity (Wildman–Crippen MR) is 48.4 cm³/mol. The Balaban J connectivity index is 2.47. The van der Waals surface area contributed by atoms with Crippen LogP contribution in [-0.4, -0.2) is 23.2 Å². The number of hydrogen-bond acceptors (Lipinski definition) is 2. The van der Waals surface area contributed by atoms with Gasteiger partial charge in [0.25, 0.3) is 0 Å². The molecule has 0 unspecified atom stereocenters. The van der Waals surface area contributed by atoms with Crippen LogP contribution in [0.1, 0.15) is 23.7 Å². The van der Waals surface area contributed by atoms with Crippen LogP contribution in [0.4, 0.5) is 0 Å². The van der Waals surface area contributed by atoms with Crippen LogP contribution in [0.25, 0.3) is 0 Å². The highest BCUT2D eigenvalue weighted by molar-refractivity contribution is 6.07. The number of amides is 1. The quantitative estimate of drug-likeness (QED) is 0.530. The van der Waals surface area contributed by atoms with Gasteiger partial charge in [-0.2, -0.15) is 0 Å². The highest BCUT2D eigenvalue weighted by Gasteiger charge is 2.10. The van der Waals surface area contributed by atoms with E-state index in [1.807, 2.05) is 6.92 Å². The maximum atomic E-state index is 11.3. The van der Waals surface area contributed by atoms with Crippen molar-refractivity contribution in [2.75, 3.05) is 6.54 Å². The topological polar surface area (TPSA) is 62.0 Å². The second-order valence-electron chi connectivity index (χ2n) is 2.65. The Morgan fingerprint density at radius 3 is 2.85 bits per heavy atom. The van der Waals surface area contributed by atoms with Gasteiger partial charge < -0.3 is 10.3 Å². The van der Waals surface area contributed by atoms with Crippen LogP contribution in [0.5, 0.6) is 0 Å². The molecule has 0 aliphatic rings. The minimum absolute atomic E-state index is 0.0777. The Kier molecular flexibility index (Phi) is 3.25. The largest absolute Gasteiger partial charge is 0.367 e. The fraction of sp³-hybridized carbons (Fsp3) is 0.333. The first-order valence-corrected chi connectivity index (χ1v) is 4.16. The van der Waals surface area contributed by atoms with Crippen molar-refractivity contribution >= 4 is 11.7 Å². The van der Waals surface area contributed by atoms with Crippen molar-refractivity contribution in [2.45, 2.75) is 13.3 Å². The third-order valence-corrected chi connectivity index (χ3v) is 1.61. The Morgan fingerprint density at radius 2 is 2.31 bits per heavy atom. The molecule has 1 aromatic heterocycles. The van der Waals surface area contributed by atoms with Crippen LogP contribution in [0.2, 0.25) is 0 Å². The summed E-state index contributed by atoms with van der Waals surface area (Å²) in [5.74, 6) is -0.388. The van der Waals surface area contributed by atoms with Gasteiger partial charge in [0.2, 0.25) is 5.91 Å². The molecule has 1 heterocycles. The van der Waals surface area contributed by atoms with Crippen molar-refractivity contribution in [2.24, 2.45) is 0 Å². The number of nitrogens with one attached hydrogen (secondary N) is 2. The Morgan fingerprint density at radius 1 is 1.54 bits per heavy atom. The summed E-state index contributed by atoms with van der Waals surface area (Å²) in [4.78, 5) is 25.1. The highest BCUT2D eigenvalue weighted by Crippen LogP contribution is 2.00. The number of ketones is 1. The molecule has 1 aromatic rings. The fourth-order valence-electron chi connectivity index (χ4n) is 1.00. The van der Waals surface area contributed by atoms with E-state index in [0.717, 1.165) is 0 Å². The molecule has 0 spiro atoms. The second-order valence-corrected chi connectivity index (χ2v) is 2.65. The summed E-state index contributed by atoms with van der Waals surface area (Å²) in [6.07, 6.45) is 3.16. The summed E-state index contributed by atoms with van der Waals surface area (Å²) in [7, 11) is 0. The maximum Gasteiger partial charge on any atom is 0.227 e. The number of carbonyl (C=O) groups excluding carboxylic acids is 2. The zero-order valence-electron chi connectivity index (χ0n) is 7.46. The number of rotatable bonds is 4. The minimum atomic E-state index is -0.228. The summed E-state index contributed by atoms with van der Waals surface area (Å²) >= 11 is 0. The lowest BCUT2D eigenvalue weighted by Crippen LogP contribution is -2.25. The number of aromatic amines is 1. The third-order valence-electron chi connectivity index (χ3n) is 1.61. The number of H-pyrrole nitrogens is 1. The second kappa shape index (κ2) is 4.45. The first-order valence-electron chi connectivity index (χ1n) is 4.16. The molecule has 70 valence electrons. The number of Topliss-reactive ketones (excluding diaryl/α,β-unsaturated/α-hetero) is 1. The van der Waals surface area contributed by atoms with E-state index in [0.29, 0.717) is 12.1 Å². The molecule has 0 aromatic carbocycles. The van der Waals surface area contributed by atoms with Gasteiger partial charge in [-0.1, -0.05) is 0 Å². The Hall–Kier alpha value is -1.58. The Labute approximate surface area is 76.3 Å². The van der Waals surface area contributed by atoms with Crippen LogP contribution in [-0.2, 0) is 4.79 Å². The molecular formula is C9H12N2O2. The van der Waals surface area contributed by atoms with Crippen molar-refractivity contribution in [1.29, 1.82) is 0 Å². The van der Waals surface area contributed by atoms with Gasteiger partial charge in [-0.25, -0.2) is 0 Å². The lowest BCUT2D eigenvalue weighted by molar-refractivity contribution is -0.120. The van der Waals surface area contributed by atoms with Crippen molar-refractivity contribution in [3.8, 4) is 0 Å². The summed E-state index contributed by atoms with van der Waals surface area (Å²) in [6.45, 7) is 2.37. The minimum Gasteiger partial charge on any atom is -0.367 e. The standard InChI is InChI=1S/C9H12N2O2/c1-2-11-9(13)5-8(12)7-3-4-10-6-7/h3-4,6,10H,2,5H2,1H3,(H,11,13). The lowest BCUT2D eigenvalue weighted by Gasteiger charge is -1.99. The molecule has 0 saturated heterocycles. The molecule has 1 rings (SSSR count). The van der Waals surface area contributed by atoms with Crippen LogP contribution in [0.15, 0.2) is 18.5 Å². The smallest absolute Gasteiger partial charge is 0.227 e. The average Bonchev–Trinajstić information content (AvgIpc) is 2.55. The Bertz CT molecular complexity index is 291. The van der Waals surface area contributed by atoms with Crippen LogP contribution >= 0.6 is 0 Å². The van der Waals surface area contributed by atoms with Crippen molar-refractivity contribution in [3.05, 3.63) is 24.0 Å². The molecule has 0 radical (unpaired) electrons. The zero-order valence-corrected chi connectivity index (χ0v) is 7.46. The van der Waals surface area contributed by atoms with Gasteiger partial charge in [-0.05, 0) is 13.0 Å². The summed E-state index contributed by atoms with van der Waals surface area (Å²) in [5, 5.41) is 2.57. The summed E-state index contributed by atoms with van der Waals surface area (Å²) in [5.41, 5.74) is 0.547. The van der Waals surface area contributed by atoms with Gasteiger partial charge in [0, 0.05) is 24.5 Å². The third kappa shape index (κ3) is 2.74. The molecule has 4 heteroatoms. The van der Waals surface area contributed by atoms with Gasteiger partial charge in [-0.15, -0.1) is 0 Å². The highest BCUT2D eigenvalue weighted by atomic mass is 16.2. The number of hydrogen-bond donors (Lipinski definition) is 2. The monoisotopic (exact) mass is 180 g/mol. The molecule has 4 nitrogen and oxygen atoms in total. The van der Waals surface area contributed by atoms with Crippen LogP contribution < -0.4 is 5.32 Å². The molecule has 2 N–H and O–H groups in total. The fourth-order valence-corrected chi connectivity index (χ4v) is 1.00. The molecule has 0 saturated carbocycles. The van der Waals surface area contributed by atoms with E-state index in [9.17, 15) is 9.59 Å². The first kappa shape index (κ1) is 9.51. The van der Waals surface area contributed by atoms with E-state index in [-0.39, 0.29) is 18.1 Å². The molecule has 0 aliphatic carbocycles. The van der Waals surface area contributed by atoms with Gasteiger partial charge in [-0.3, -0.25) is 9.59 Å². The molecule has 13 heavy (non-hydrogen) atoms. The maximum absolute atomic E-state index is 11.3. The van der Waals surface area contributed by atoms with E-state index in [4.69, 9.17) is 0 Å².